The zero-order chi connectivity index (χ0) is 26.9. The topological polar surface area (TPSA) is 130 Å². The number of aryl methyl sites for hydroxylation is 1. The van der Waals surface area contributed by atoms with Gasteiger partial charge in [0.1, 0.15) is 6.61 Å². The number of sulfonamides is 1. The summed E-state index contributed by atoms with van der Waals surface area (Å²) in [6, 6.07) is 19.5. The summed E-state index contributed by atoms with van der Waals surface area (Å²) in [4.78, 5) is 32.3. The Balaban J connectivity index is 1.49. The van der Waals surface area contributed by atoms with Crippen molar-refractivity contribution in [2.24, 2.45) is 0 Å². The molecule has 5 rings (SSSR count). The molecule has 4 aromatic rings. The van der Waals surface area contributed by atoms with Crippen molar-refractivity contribution in [3.63, 3.8) is 0 Å². The molecule has 1 aliphatic carbocycles. The number of H-pyrrole nitrogens is 1. The summed E-state index contributed by atoms with van der Waals surface area (Å²) in [6.07, 6.45) is 1.15. The van der Waals surface area contributed by atoms with Gasteiger partial charge < -0.3 is 14.8 Å². The summed E-state index contributed by atoms with van der Waals surface area (Å²) < 4.78 is 33.3. The lowest BCUT2D eigenvalue weighted by molar-refractivity contribution is -0.141. The number of amides is 1. The molecule has 194 valence electrons. The molecule has 9 nitrogen and oxygen atoms in total. The van der Waals surface area contributed by atoms with E-state index in [1.807, 2.05) is 48.5 Å². The van der Waals surface area contributed by atoms with E-state index in [1.54, 1.807) is 19.1 Å². The number of carboxylic acid groups (broad SMARTS) is 1. The summed E-state index contributed by atoms with van der Waals surface area (Å²) in [6.45, 7) is 1.63. The molecular formula is C28H25N3O6S. The number of hydrogen-bond acceptors (Lipinski definition) is 6. The molecule has 1 amide bonds. The lowest BCUT2D eigenvalue weighted by atomic mass is 9.98. The van der Waals surface area contributed by atoms with Crippen LogP contribution in [0.1, 0.15) is 28.3 Å². The highest BCUT2D eigenvalue weighted by atomic mass is 32.2. The largest absolute Gasteiger partial charge is 0.480 e. The number of imidazole rings is 1. The molecular weight excluding hydrogens is 506 g/mol. The van der Waals surface area contributed by atoms with Crippen molar-refractivity contribution in [1.29, 1.82) is 0 Å². The predicted molar refractivity (Wildman–Crippen MR) is 139 cm³/mol. The first-order valence-corrected chi connectivity index (χ1v) is 13.4. The summed E-state index contributed by atoms with van der Waals surface area (Å²) in [5.41, 5.74) is 5.08. The molecule has 38 heavy (non-hydrogen) atoms. The highest BCUT2D eigenvalue weighted by Gasteiger charge is 2.42. The molecule has 0 fully saturated rings. The number of hydrogen-bond donors (Lipinski definition) is 2. The van der Waals surface area contributed by atoms with E-state index in [0.717, 1.165) is 27.8 Å². The minimum atomic E-state index is -4.59. The number of rotatable bonds is 8. The van der Waals surface area contributed by atoms with Crippen molar-refractivity contribution >= 4 is 22.1 Å². The van der Waals surface area contributed by atoms with Crippen LogP contribution < -0.4 is 0 Å². The Morgan fingerprint density at radius 2 is 1.61 bits per heavy atom. The van der Waals surface area contributed by atoms with Gasteiger partial charge in [-0.1, -0.05) is 66.2 Å². The molecule has 1 atom stereocenters. The zero-order valence-electron chi connectivity index (χ0n) is 20.4. The third kappa shape index (κ3) is 4.66. The van der Waals surface area contributed by atoms with Crippen molar-refractivity contribution < 1.29 is 27.9 Å². The monoisotopic (exact) mass is 531 g/mol. The van der Waals surface area contributed by atoms with Crippen LogP contribution >= 0.6 is 0 Å². The molecule has 1 aromatic heterocycles. The second kappa shape index (κ2) is 10.1. The highest BCUT2D eigenvalue weighted by Crippen LogP contribution is 2.44. The number of benzene rings is 3. The van der Waals surface area contributed by atoms with Gasteiger partial charge in [0.25, 0.3) is 10.0 Å². The van der Waals surface area contributed by atoms with Gasteiger partial charge in [-0.2, -0.15) is 4.31 Å². The molecule has 3 aromatic carbocycles. The molecule has 0 aliphatic heterocycles. The maximum Gasteiger partial charge on any atom is 0.424 e. The van der Waals surface area contributed by atoms with Crippen molar-refractivity contribution in [2.45, 2.75) is 30.2 Å². The zero-order valence-corrected chi connectivity index (χ0v) is 21.3. The number of nitrogens with zero attached hydrogens (tertiary/aromatic N) is 2. The standard InChI is InChI=1S/C28H25N3O6S/c1-18-10-12-20(13-11-18)38(35,36)31(26(27(32)33)14-19-15-29-17-30-19)28(34)37-16-25-23-8-4-2-6-21(23)22-7-3-5-9-24(22)25/h2-13,15,17,25-26H,14,16H2,1H3,(H,29,30)(H,32,33). The average Bonchev–Trinajstić information content (AvgIpc) is 3.53. The molecule has 10 heteroatoms. The Hall–Kier alpha value is -4.44. The van der Waals surface area contributed by atoms with Crippen LogP contribution in [0.15, 0.2) is 90.2 Å². The fourth-order valence-corrected chi connectivity index (χ4v) is 6.21. The van der Waals surface area contributed by atoms with Crippen LogP contribution in [0.3, 0.4) is 0 Å². The van der Waals surface area contributed by atoms with Crippen LogP contribution in [0.5, 0.6) is 0 Å². The van der Waals surface area contributed by atoms with E-state index < -0.39 is 28.1 Å². The molecule has 1 unspecified atom stereocenters. The Morgan fingerprint density at radius 3 is 2.16 bits per heavy atom. The first-order chi connectivity index (χ1) is 18.3. The van der Waals surface area contributed by atoms with Crippen LogP contribution in [0.25, 0.3) is 11.1 Å². The van der Waals surface area contributed by atoms with Crippen LogP contribution in [0.2, 0.25) is 0 Å². The minimum Gasteiger partial charge on any atom is -0.480 e. The van der Waals surface area contributed by atoms with Crippen LogP contribution in [-0.2, 0) is 26.0 Å². The lowest BCUT2D eigenvalue weighted by Crippen LogP contribution is -2.50. The van der Waals surface area contributed by atoms with Crippen molar-refractivity contribution in [2.75, 3.05) is 6.61 Å². The summed E-state index contributed by atoms with van der Waals surface area (Å²) in [7, 11) is -4.59. The van der Waals surface area contributed by atoms with Gasteiger partial charge in [0.2, 0.25) is 0 Å². The van der Waals surface area contributed by atoms with Crippen molar-refractivity contribution in [3.8, 4) is 11.1 Å². The van der Waals surface area contributed by atoms with Gasteiger partial charge in [-0.15, -0.1) is 0 Å². The van der Waals surface area contributed by atoms with Gasteiger partial charge in [0, 0.05) is 24.2 Å². The number of aliphatic carboxylic acids is 1. The molecule has 1 heterocycles. The van der Waals surface area contributed by atoms with Crippen molar-refractivity contribution in [1.82, 2.24) is 14.3 Å². The van der Waals surface area contributed by atoms with Gasteiger partial charge in [-0.3, -0.25) is 0 Å². The number of nitrogens with one attached hydrogen (secondary N) is 1. The number of fused-ring (bicyclic) bond motifs is 3. The van der Waals surface area contributed by atoms with E-state index in [0.29, 0.717) is 10.00 Å². The number of carboxylic acids is 1. The number of aromatic amines is 1. The second-order valence-corrected chi connectivity index (χ2v) is 10.9. The molecule has 0 saturated heterocycles. The van der Waals surface area contributed by atoms with E-state index in [4.69, 9.17) is 4.74 Å². The quantitative estimate of drug-likeness (QED) is 0.346. The third-order valence-corrected chi connectivity index (χ3v) is 8.42. The lowest BCUT2D eigenvalue weighted by Gasteiger charge is -2.28. The van der Waals surface area contributed by atoms with Crippen molar-refractivity contribution in [3.05, 3.63) is 108 Å². The Bertz CT molecular complexity index is 1540. The molecule has 0 spiro atoms. The maximum absolute atomic E-state index is 13.7. The van der Waals surface area contributed by atoms with E-state index in [9.17, 15) is 23.1 Å². The number of aromatic nitrogens is 2. The van der Waals surface area contributed by atoms with Gasteiger partial charge in [0.15, 0.2) is 6.04 Å². The maximum atomic E-state index is 13.7. The predicted octanol–water partition coefficient (Wildman–Crippen LogP) is 4.35. The van der Waals surface area contributed by atoms with E-state index in [1.165, 1.54) is 24.7 Å². The Morgan fingerprint density at radius 1 is 1.00 bits per heavy atom. The smallest absolute Gasteiger partial charge is 0.424 e. The van der Waals surface area contributed by atoms with Crippen LogP contribution in [0, 0.1) is 6.92 Å². The van der Waals surface area contributed by atoms with E-state index in [2.05, 4.69) is 9.97 Å². The van der Waals surface area contributed by atoms with E-state index in [-0.39, 0.29) is 23.8 Å². The first kappa shape index (κ1) is 25.2. The van der Waals surface area contributed by atoms with Gasteiger partial charge in [-0.25, -0.2) is 23.0 Å². The molecule has 1 aliphatic rings. The van der Waals surface area contributed by atoms with Gasteiger partial charge in [-0.05, 0) is 41.3 Å². The minimum absolute atomic E-state index is 0.164. The first-order valence-electron chi connectivity index (χ1n) is 11.9. The van der Waals surface area contributed by atoms with Crippen LogP contribution in [-0.4, -0.2) is 52.5 Å². The molecule has 2 N–H and O–H groups in total. The summed E-state index contributed by atoms with van der Waals surface area (Å²) in [5.74, 6) is -1.82. The summed E-state index contributed by atoms with van der Waals surface area (Å²) >= 11 is 0. The fraction of sp³-hybridized carbons (Fsp3) is 0.179. The average molecular weight is 532 g/mol. The SMILES string of the molecule is Cc1ccc(S(=O)(=O)N(C(=O)OCC2c3ccccc3-c3ccccc32)C(Cc2cnc[nH]2)C(=O)O)cc1. The van der Waals surface area contributed by atoms with E-state index >= 15 is 0 Å². The fourth-order valence-electron chi connectivity index (χ4n) is 4.75. The molecule has 0 radical (unpaired) electrons. The van der Waals surface area contributed by atoms with Gasteiger partial charge >= 0.3 is 12.1 Å². The summed E-state index contributed by atoms with van der Waals surface area (Å²) in [5, 5.41) is 10.0. The number of ether oxygens (including phenoxy) is 1. The number of carbonyl (C=O) groups is 2. The highest BCUT2D eigenvalue weighted by molar-refractivity contribution is 7.89. The van der Waals surface area contributed by atoms with Gasteiger partial charge in [0.05, 0.1) is 11.2 Å². The normalized spacial score (nSPS) is 13.4. The second-order valence-electron chi connectivity index (χ2n) is 9.05. The number of carbonyl (C=O) groups excluding carboxylic acids is 1. The molecule has 0 bridgehead atoms. The molecule has 0 saturated carbocycles. The third-order valence-electron chi connectivity index (χ3n) is 6.63. The Kier molecular flexibility index (Phi) is 6.73. The van der Waals surface area contributed by atoms with Crippen LogP contribution in [0.4, 0.5) is 4.79 Å². The Labute approximate surface area is 219 Å².